The monoisotopic (exact) mass is 177 g/mol. The van der Waals surface area contributed by atoms with Gasteiger partial charge < -0.3 is 10.1 Å². The zero-order valence-electron chi connectivity index (χ0n) is 7.27. The smallest absolute Gasteiger partial charge is 0.327 e. The Labute approximate surface area is 77.3 Å². The zero-order valence-corrected chi connectivity index (χ0v) is 7.27. The van der Waals surface area contributed by atoms with E-state index in [4.69, 9.17) is 5.02 Å². The molecule has 13 heavy (non-hydrogen) atoms. The Balaban J connectivity index is 3.17. The Kier molecular flexibility index (Phi) is 3.22. The number of benzene rings is 1. The fourth-order valence-corrected chi connectivity index (χ4v) is 1.15. The Hall–Kier alpha value is -1.13. The van der Waals surface area contributed by atoms with Gasteiger partial charge in [-0.15, -0.1) is 0 Å². The Morgan fingerprint density at radius 3 is 2.69 bits per heavy atom. The minimum absolute atomic E-state index is 0.488. The summed E-state index contributed by atoms with van der Waals surface area (Å²) in [5, 5.41) is 18.1. The minimum atomic E-state index is -0.696. The van der Waals surface area contributed by atoms with Crippen LogP contribution in [0.25, 0.3) is 0 Å². The summed E-state index contributed by atoms with van der Waals surface area (Å²) in [6.45, 7) is 1.58. The maximum Gasteiger partial charge on any atom is 0.327 e. The molecule has 0 heterocycles. The largest absolute Gasteiger partial charge is 0.450 e. The van der Waals surface area contributed by atoms with Crippen LogP contribution in [0, 0.1) is 0 Å². The van der Waals surface area contributed by atoms with Crippen LogP contribution in [0.4, 0.5) is 0 Å². The highest BCUT2D eigenvalue weighted by atomic mass is 16.3. The van der Waals surface area contributed by atoms with E-state index in [1.807, 2.05) is 0 Å². The van der Waals surface area contributed by atoms with Gasteiger partial charge >= 0.3 is 7.48 Å². The first kappa shape index (κ1) is 9.96. The maximum atomic E-state index is 10.4. The van der Waals surface area contributed by atoms with Crippen molar-refractivity contribution in [2.24, 2.45) is 0 Å². The van der Waals surface area contributed by atoms with E-state index in [0.29, 0.717) is 22.9 Å². The molecule has 67 valence electrons. The molecule has 1 aromatic rings. The average Bonchev–Trinajstić information content (AvgIpc) is 2.16. The van der Waals surface area contributed by atoms with Crippen LogP contribution in [-0.2, 0) is 0 Å². The Morgan fingerprint density at radius 2 is 2.23 bits per heavy atom. The molecule has 1 radical (unpaired) electrons. The fourth-order valence-electron chi connectivity index (χ4n) is 1.15. The molecule has 2 N–H and O–H groups in total. The number of carbonyl (C=O) groups excluding carboxylic acids is 1. The molecule has 0 aliphatic rings. The maximum absolute atomic E-state index is 10.4. The summed E-state index contributed by atoms with van der Waals surface area (Å²) in [5.41, 5.74) is 1.56. The molecule has 0 fully saturated rings. The fraction of sp³-hybridized carbons (Fsp3) is 0.222. The number of hydrogen-bond donors (Lipinski definition) is 2. The third-order valence-corrected chi connectivity index (χ3v) is 1.84. The van der Waals surface area contributed by atoms with Crippen molar-refractivity contribution in [3.8, 4) is 0 Å². The third-order valence-electron chi connectivity index (χ3n) is 1.84. The predicted molar refractivity (Wildman–Crippen MR) is 50.1 cm³/mol. The Bertz CT molecular complexity index is 310. The second kappa shape index (κ2) is 4.21. The van der Waals surface area contributed by atoms with Gasteiger partial charge in [0, 0.05) is 5.56 Å². The number of aliphatic hydroxyl groups is 1. The van der Waals surface area contributed by atoms with E-state index in [1.165, 1.54) is 0 Å². The van der Waals surface area contributed by atoms with Crippen molar-refractivity contribution < 1.29 is 14.9 Å². The van der Waals surface area contributed by atoms with Gasteiger partial charge in [-0.1, -0.05) is 12.1 Å². The van der Waals surface area contributed by atoms with Crippen LogP contribution >= 0.6 is 0 Å². The first-order valence-corrected chi connectivity index (χ1v) is 3.93. The van der Waals surface area contributed by atoms with Gasteiger partial charge in [0.25, 0.3) is 0 Å². The summed E-state index contributed by atoms with van der Waals surface area (Å²) < 4.78 is 0. The van der Waals surface area contributed by atoms with Crippen molar-refractivity contribution in [3.05, 3.63) is 29.3 Å². The molecule has 1 atom stereocenters. The zero-order chi connectivity index (χ0) is 9.84. The molecule has 0 saturated heterocycles. The second-order valence-electron chi connectivity index (χ2n) is 2.81. The molecule has 4 heteroatoms. The number of hydrogen-bond acceptors (Lipinski definition) is 3. The van der Waals surface area contributed by atoms with Crippen LogP contribution < -0.4 is 5.46 Å². The molecule has 0 aromatic heterocycles. The van der Waals surface area contributed by atoms with Crippen LogP contribution in [-0.4, -0.2) is 23.9 Å². The van der Waals surface area contributed by atoms with Crippen molar-refractivity contribution in [1.82, 2.24) is 0 Å². The first-order valence-electron chi connectivity index (χ1n) is 3.93. The summed E-state index contributed by atoms with van der Waals surface area (Å²) >= 11 is 0. The van der Waals surface area contributed by atoms with Crippen LogP contribution in [0.5, 0.6) is 0 Å². The van der Waals surface area contributed by atoms with Gasteiger partial charge in [-0.3, -0.25) is 4.79 Å². The average molecular weight is 177 g/mol. The Morgan fingerprint density at radius 1 is 1.54 bits per heavy atom. The summed E-state index contributed by atoms with van der Waals surface area (Å²) in [4.78, 5) is 10.4. The van der Waals surface area contributed by atoms with E-state index in [-0.39, 0.29) is 0 Å². The predicted octanol–water partition coefficient (Wildman–Crippen LogP) is -0.211. The van der Waals surface area contributed by atoms with E-state index in [0.717, 1.165) is 7.48 Å². The molecule has 0 aliphatic heterocycles. The molecule has 0 spiro atoms. The molecule has 1 rings (SSSR count). The molecule has 1 aromatic carbocycles. The van der Waals surface area contributed by atoms with Gasteiger partial charge in [0.1, 0.15) is 6.29 Å². The van der Waals surface area contributed by atoms with E-state index in [1.54, 1.807) is 25.1 Å². The summed E-state index contributed by atoms with van der Waals surface area (Å²) in [6.07, 6.45) is 0.00540. The van der Waals surface area contributed by atoms with Crippen molar-refractivity contribution in [3.63, 3.8) is 0 Å². The number of aliphatic hydroxyl groups excluding tert-OH is 1. The quantitative estimate of drug-likeness (QED) is 0.496. The molecular weight excluding hydrogens is 167 g/mol. The SMILES string of the molecule is CC(O)c1cc(C=O)ccc1[B]O. The van der Waals surface area contributed by atoms with Gasteiger partial charge in [0.05, 0.1) is 6.10 Å². The number of carbonyl (C=O) groups is 1. The molecule has 0 amide bonds. The minimum Gasteiger partial charge on any atom is -0.450 e. The van der Waals surface area contributed by atoms with Crippen molar-refractivity contribution in [2.75, 3.05) is 0 Å². The highest BCUT2D eigenvalue weighted by Crippen LogP contribution is 2.10. The van der Waals surface area contributed by atoms with Crippen molar-refractivity contribution in [2.45, 2.75) is 13.0 Å². The molecule has 3 nitrogen and oxygen atoms in total. The lowest BCUT2D eigenvalue weighted by molar-refractivity contribution is 0.112. The van der Waals surface area contributed by atoms with Crippen molar-refractivity contribution >= 4 is 19.2 Å². The van der Waals surface area contributed by atoms with Gasteiger partial charge in [0.15, 0.2) is 0 Å². The molecular formula is C9H10BO3. The lowest BCUT2D eigenvalue weighted by atomic mass is 9.82. The van der Waals surface area contributed by atoms with Gasteiger partial charge in [-0.2, -0.15) is 0 Å². The van der Waals surface area contributed by atoms with Crippen LogP contribution in [0.15, 0.2) is 18.2 Å². The lowest BCUT2D eigenvalue weighted by Crippen LogP contribution is -2.20. The molecule has 0 bridgehead atoms. The summed E-state index contributed by atoms with van der Waals surface area (Å²) in [5.74, 6) is 0. The van der Waals surface area contributed by atoms with Gasteiger partial charge in [-0.25, -0.2) is 0 Å². The van der Waals surface area contributed by atoms with Gasteiger partial charge in [-0.05, 0) is 24.0 Å². The standard InChI is InChI=1S/C9H10BO3/c1-6(12)8-4-7(5-11)2-3-9(8)10-13/h2-6,12-13H,1H3. The number of rotatable bonds is 3. The summed E-state index contributed by atoms with van der Waals surface area (Å²) in [6, 6.07) is 4.73. The van der Waals surface area contributed by atoms with Crippen LogP contribution in [0.2, 0.25) is 0 Å². The normalized spacial score (nSPS) is 12.2. The third kappa shape index (κ3) is 2.17. The van der Waals surface area contributed by atoms with E-state index in [2.05, 4.69) is 0 Å². The summed E-state index contributed by atoms with van der Waals surface area (Å²) in [7, 11) is 0.913. The first-order chi connectivity index (χ1) is 6.19. The molecule has 0 saturated carbocycles. The highest BCUT2D eigenvalue weighted by molar-refractivity contribution is 6.46. The van der Waals surface area contributed by atoms with E-state index in [9.17, 15) is 9.90 Å². The molecule has 1 unspecified atom stereocenters. The number of aldehydes is 1. The van der Waals surface area contributed by atoms with E-state index < -0.39 is 6.10 Å². The molecule has 0 aliphatic carbocycles. The van der Waals surface area contributed by atoms with E-state index >= 15 is 0 Å². The van der Waals surface area contributed by atoms with Crippen LogP contribution in [0.3, 0.4) is 0 Å². The van der Waals surface area contributed by atoms with Gasteiger partial charge in [0.2, 0.25) is 0 Å². The topological polar surface area (TPSA) is 57.5 Å². The van der Waals surface area contributed by atoms with Crippen molar-refractivity contribution in [1.29, 1.82) is 0 Å². The van der Waals surface area contributed by atoms with Crippen LogP contribution in [0.1, 0.15) is 28.9 Å². The second-order valence-corrected chi connectivity index (χ2v) is 2.81. The lowest BCUT2D eigenvalue weighted by Gasteiger charge is -2.09. The highest BCUT2D eigenvalue weighted by Gasteiger charge is 2.08.